The minimum absolute atomic E-state index is 0.0418. The van der Waals surface area contributed by atoms with Gasteiger partial charge in [-0.3, -0.25) is 0 Å². The highest BCUT2D eigenvalue weighted by Crippen LogP contribution is 2.51. The number of hydrogen-bond donors (Lipinski definition) is 0. The van der Waals surface area contributed by atoms with E-state index in [9.17, 15) is 0 Å². The molecular formula is C55H38. The lowest BCUT2D eigenvalue weighted by atomic mass is 9.81. The molecule has 0 spiro atoms. The van der Waals surface area contributed by atoms with Crippen molar-refractivity contribution in [2.24, 2.45) is 0 Å². The summed E-state index contributed by atoms with van der Waals surface area (Å²) in [5.41, 5.74) is 15.4. The topological polar surface area (TPSA) is 0 Å². The molecule has 0 radical (unpaired) electrons. The van der Waals surface area contributed by atoms with Gasteiger partial charge in [0.25, 0.3) is 0 Å². The highest BCUT2D eigenvalue weighted by molar-refractivity contribution is 6.28. The Morgan fingerprint density at radius 2 is 0.927 bits per heavy atom. The summed E-state index contributed by atoms with van der Waals surface area (Å²) in [7, 11) is 0. The number of rotatable bonds is 4. The molecule has 0 aliphatic heterocycles. The molecular weight excluding hydrogens is 661 g/mol. The van der Waals surface area contributed by atoms with Gasteiger partial charge in [0.1, 0.15) is 0 Å². The smallest absolute Gasteiger partial charge is 0.0159 e. The lowest BCUT2D eigenvalue weighted by Gasteiger charge is -2.22. The monoisotopic (exact) mass is 698 g/mol. The molecule has 0 unspecified atom stereocenters. The maximum absolute atomic E-state index is 2.45. The second-order valence-electron chi connectivity index (χ2n) is 15.6. The summed E-state index contributed by atoms with van der Waals surface area (Å²) in [4.78, 5) is 0. The average Bonchev–Trinajstić information content (AvgIpc) is 3.47. The van der Waals surface area contributed by atoms with E-state index in [0.29, 0.717) is 0 Å². The van der Waals surface area contributed by atoms with Crippen molar-refractivity contribution in [3.63, 3.8) is 0 Å². The van der Waals surface area contributed by atoms with Crippen molar-refractivity contribution < 1.29 is 0 Å². The van der Waals surface area contributed by atoms with Gasteiger partial charge in [-0.25, -0.2) is 0 Å². The fraction of sp³-hybridized carbons (Fsp3) is 0.0545. The van der Waals surface area contributed by atoms with Gasteiger partial charge in [-0.1, -0.05) is 184 Å². The van der Waals surface area contributed by atoms with Crippen LogP contribution in [0, 0.1) is 0 Å². The summed E-state index contributed by atoms with van der Waals surface area (Å²) in [6.07, 6.45) is 0. The first kappa shape index (κ1) is 31.7. The van der Waals surface area contributed by atoms with Crippen molar-refractivity contribution in [3.05, 3.63) is 205 Å². The Labute approximate surface area is 322 Å². The molecule has 0 heterocycles. The molecule has 0 nitrogen and oxygen atoms in total. The van der Waals surface area contributed by atoms with E-state index in [1.165, 1.54) is 110 Å². The fourth-order valence-electron chi connectivity index (χ4n) is 9.59. The summed E-state index contributed by atoms with van der Waals surface area (Å²) in [5.74, 6) is 0. The Balaban J connectivity index is 1.16. The van der Waals surface area contributed by atoms with E-state index in [2.05, 4.69) is 208 Å². The van der Waals surface area contributed by atoms with Crippen LogP contribution in [0.25, 0.3) is 98.7 Å². The van der Waals surface area contributed by atoms with Crippen LogP contribution in [-0.4, -0.2) is 0 Å². The Bertz CT molecular complexity index is 3150. The fourth-order valence-corrected chi connectivity index (χ4v) is 9.59. The van der Waals surface area contributed by atoms with Crippen LogP contribution >= 0.6 is 0 Å². The zero-order chi connectivity index (χ0) is 36.7. The van der Waals surface area contributed by atoms with Crippen molar-refractivity contribution in [2.45, 2.75) is 19.3 Å². The molecule has 258 valence electrons. The summed E-state index contributed by atoms with van der Waals surface area (Å²) >= 11 is 0. The standard InChI is InChI=1S/C55H38/c1-55(2)50-24-14-13-21-44(50)49-32-38-25-26-39(31-41(38)34-51(49)55)42-29-28-40(33-48(42)35-15-5-3-6-16-35)52-45-22-11-12-23-46(45)53(37-18-7-4-8-19-37)54-43-20-10-9-17-36(43)27-30-47(52)54/h3-34H,1-2H3. The molecule has 0 bridgehead atoms. The van der Waals surface area contributed by atoms with E-state index < -0.39 is 0 Å². The van der Waals surface area contributed by atoms with E-state index in [1.807, 2.05) is 0 Å². The largest absolute Gasteiger partial charge is 0.0622 e. The molecule has 0 atom stereocenters. The van der Waals surface area contributed by atoms with Gasteiger partial charge >= 0.3 is 0 Å². The Morgan fingerprint density at radius 3 is 1.73 bits per heavy atom. The van der Waals surface area contributed by atoms with E-state index in [4.69, 9.17) is 0 Å². The Morgan fingerprint density at radius 1 is 0.291 bits per heavy atom. The SMILES string of the molecule is CC1(C)c2ccccc2-c2cc3ccc(-c4ccc(-c5c6ccccc6c(-c6ccccc6)c6c5ccc5ccccc56)cc4-c4ccccc4)cc3cc21. The first-order valence-electron chi connectivity index (χ1n) is 19.3. The highest BCUT2D eigenvalue weighted by Gasteiger charge is 2.35. The maximum atomic E-state index is 2.45. The van der Waals surface area contributed by atoms with Gasteiger partial charge in [0.05, 0.1) is 0 Å². The van der Waals surface area contributed by atoms with Crippen LogP contribution in [0.3, 0.4) is 0 Å². The molecule has 55 heavy (non-hydrogen) atoms. The van der Waals surface area contributed by atoms with Gasteiger partial charge in [0.15, 0.2) is 0 Å². The first-order valence-corrected chi connectivity index (χ1v) is 19.3. The van der Waals surface area contributed by atoms with Crippen molar-refractivity contribution in [1.82, 2.24) is 0 Å². The molecule has 0 aromatic heterocycles. The molecule has 1 aliphatic rings. The van der Waals surface area contributed by atoms with Crippen LogP contribution in [0.4, 0.5) is 0 Å². The van der Waals surface area contributed by atoms with Crippen LogP contribution in [-0.2, 0) is 5.41 Å². The summed E-state index contributed by atoms with van der Waals surface area (Å²) < 4.78 is 0. The molecule has 0 saturated carbocycles. The molecule has 0 heteroatoms. The van der Waals surface area contributed by atoms with Crippen LogP contribution in [0.2, 0.25) is 0 Å². The lowest BCUT2D eigenvalue weighted by molar-refractivity contribution is 0.661. The number of fused-ring (bicyclic) bond motifs is 8. The van der Waals surface area contributed by atoms with Crippen molar-refractivity contribution in [1.29, 1.82) is 0 Å². The Hall–Kier alpha value is -6.76. The molecule has 10 aromatic rings. The quantitative estimate of drug-likeness (QED) is 0.127. The molecule has 0 saturated heterocycles. The third-order valence-corrected chi connectivity index (χ3v) is 12.2. The third-order valence-electron chi connectivity index (χ3n) is 12.2. The van der Waals surface area contributed by atoms with Gasteiger partial charge in [0, 0.05) is 5.41 Å². The molecule has 0 fully saturated rings. The zero-order valence-electron chi connectivity index (χ0n) is 31.0. The number of benzene rings is 10. The van der Waals surface area contributed by atoms with Gasteiger partial charge < -0.3 is 0 Å². The molecule has 11 rings (SSSR count). The number of hydrogen-bond acceptors (Lipinski definition) is 0. The predicted octanol–water partition coefficient (Wildman–Crippen LogP) is 15.3. The summed E-state index contributed by atoms with van der Waals surface area (Å²) in [5, 5.41) is 10.2. The van der Waals surface area contributed by atoms with E-state index in [0.717, 1.165) is 0 Å². The van der Waals surface area contributed by atoms with Gasteiger partial charge in [-0.2, -0.15) is 0 Å². The van der Waals surface area contributed by atoms with Crippen LogP contribution < -0.4 is 0 Å². The van der Waals surface area contributed by atoms with Gasteiger partial charge in [-0.15, -0.1) is 0 Å². The first-order chi connectivity index (χ1) is 27.0. The molecule has 0 N–H and O–H groups in total. The lowest BCUT2D eigenvalue weighted by Crippen LogP contribution is -2.14. The maximum Gasteiger partial charge on any atom is 0.0159 e. The molecule has 10 aromatic carbocycles. The predicted molar refractivity (Wildman–Crippen MR) is 236 cm³/mol. The van der Waals surface area contributed by atoms with Crippen molar-refractivity contribution in [2.75, 3.05) is 0 Å². The minimum Gasteiger partial charge on any atom is -0.0622 e. The Kier molecular flexibility index (Phi) is 7.00. The third kappa shape index (κ3) is 4.85. The summed E-state index contributed by atoms with van der Waals surface area (Å²) in [6.45, 7) is 4.73. The summed E-state index contributed by atoms with van der Waals surface area (Å²) in [6, 6.07) is 72.2. The van der Waals surface area contributed by atoms with Crippen LogP contribution in [0.1, 0.15) is 25.0 Å². The van der Waals surface area contributed by atoms with Gasteiger partial charge in [-0.05, 0) is 134 Å². The van der Waals surface area contributed by atoms with Crippen molar-refractivity contribution in [3.8, 4) is 55.6 Å². The van der Waals surface area contributed by atoms with Crippen molar-refractivity contribution >= 4 is 43.1 Å². The minimum atomic E-state index is -0.0418. The molecule has 1 aliphatic carbocycles. The molecule has 0 amide bonds. The second-order valence-corrected chi connectivity index (χ2v) is 15.6. The van der Waals surface area contributed by atoms with E-state index >= 15 is 0 Å². The normalized spacial score (nSPS) is 13.1. The van der Waals surface area contributed by atoms with Gasteiger partial charge in [0.2, 0.25) is 0 Å². The average molecular weight is 699 g/mol. The van der Waals surface area contributed by atoms with E-state index in [-0.39, 0.29) is 5.41 Å². The highest BCUT2D eigenvalue weighted by atomic mass is 14.4. The van der Waals surface area contributed by atoms with Crippen LogP contribution in [0.5, 0.6) is 0 Å². The van der Waals surface area contributed by atoms with Crippen LogP contribution in [0.15, 0.2) is 194 Å². The second kappa shape index (κ2) is 12.1. The zero-order valence-corrected chi connectivity index (χ0v) is 31.0. The van der Waals surface area contributed by atoms with E-state index in [1.54, 1.807) is 0 Å².